The van der Waals surface area contributed by atoms with Crippen molar-refractivity contribution in [2.75, 3.05) is 5.32 Å². The molecule has 1 amide bonds. The average Bonchev–Trinajstić information content (AvgIpc) is 3.11. The molecule has 0 radical (unpaired) electrons. The fourth-order valence-electron chi connectivity index (χ4n) is 2.24. The van der Waals surface area contributed by atoms with Gasteiger partial charge in [-0.25, -0.2) is 4.68 Å². The number of benzene rings is 2. The van der Waals surface area contributed by atoms with E-state index < -0.39 is 0 Å². The van der Waals surface area contributed by atoms with Gasteiger partial charge < -0.3 is 5.32 Å². The Kier molecular flexibility index (Phi) is 6.67. The highest BCUT2D eigenvalue weighted by Gasteiger charge is 2.19. The van der Waals surface area contributed by atoms with E-state index in [1.165, 1.54) is 11.8 Å². The molecule has 0 saturated carbocycles. The summed E-state index contributed by atoms with van der Waals surface area (Å²) in [5.41, 5.74) is 0.787. The average molecular weight is 398 g/mol. The largest absolute Gasteiger partial charge is 0.324 e. The van der Waals surface area contributed by atoms with Crippen molar-refractivity contribution in [2.24, 2.45) is 0 Å². The van der Waals surface area contributed by atoms with Crippen molar-refractivity contribution in [3.05, 3.63) is 67.3 Å². The van der Waals surface area contributed by atoms with Gasteiger partial charge in [-0.05, 0) is 41.6 Å². The van der Waals surface area contributed by atoms with Crippen molar-refractivity contribution in [1.29, 1.82) is 0 Å². The van der Waals surface area contributed by atoms with Gasteiger partial charge in [0.15, 0.2) is 0 Å². The number of rotatable bonds is 8. The first-order chi connectivity index (χ1) is 13.2. The van der Waals surface area contributed by atoms with Crippen molar-refractivity contribution in [1.82, 2.24) is 20.2 Å². The third-order valence-corrected chi connectivity index (χ3v) is 5.72. The maximum atomic E-state index is 12.7. The van der Waals surface area contributed by atoms with Crippen LogP contribution in [0.1, 0.15) is 6.92 Å². The lowest BCUT2D eigenvalue weighted by Crippen LogP contribution is -2.23. The smallest absolute Gasteiger partial charge is 0.237 e. The first-order valence-corrected chi connectivity index (χ1v) is 10.0. The maximum Gasteiger partial charge on any atom is 0.237 e. The van der Waals surface area contributed by atoms with E-state index in [4.69, 9.17) is 0 Å². The number of amides is 1. The zero-order valence-corrected chi connectivity index (χ0v) is 16.4. The summed E-state index contributed by atoms with van der Waals surface area (Å²) in [4.78, 5) is 14.8. The summed E-state index contributed by atoms with van der Waals surface area (Å²) in [5, 5.41) is 14.8. The number of allylic oxidation sites excluding steroid dienone is 1. The second-order valence-electron chi connectivity index (χ2n) is 5.59. The maximum absolute atomic E-state index is 12.7. The van der Waals surface area contributed by atoms with Gasteiger partial charge in [0.05, 0.1) is 17.5 Å². The van der Waals surface area contributed by atoms with Gasteiger partial charge in [0.25, 0.3) is 0 Å². The van der Waals surface area contributed by atoms with Gasteiger partial charge in [0.2, 0.25) is 11.1 Å². The lowest BCUT2D eigenvalue weighted by molar-refractivity contribution is -0.115. The van der Waals surface area contributed by atoms with Crippen LogP contribution in [0.4, 0.5) is 5.69 Å². The van der Waals surface area contributed by atoms with Gasteiger partial charge in [-0.3, -0.25) is 4.79 Å². The second kappa shape index (κ2) is 9.38. The predicted molar refractivity (Wildman–Crippen MR) is 109 cm³/mol. The number of thioether (sulfide) groups is 1. The Morgan fingerprint density at radius 1 is 1.22 bits per heavy atom. The molecule has 0 aliphatic carbocycles. The number of hydrogen-bond acceptors (Lipinski definition) is 6. The molecule has 3 rings (SSSR count). The Labute approximate surface area is 166 Å². The normalized spacial score (nSPS) is 11.7. The monoisotopic (exact) mass is 397 g/mol. The first-order valence-electron chi connectivity index (χ1n) is 8.34. The number of nitrogens with zero attached hydrogens (tertiary/aromatic N) is 4. The molecule has 0 bridgehead atoms. The van der Waals surface area contributed by atoms with Gasteiger partial charge in [-0.2, -0.15) is 0 Å². The molecule has 0 aliphatic heterocycles. The third-order valence-electron chi connectivity index (χ3n) is 3.57. The van der Waals surface area contributed by atoms with E-state index in [0.717, 1.165) is 15.5 Å². The Bertz CT molecular complexity index is 913. The highest BCUT2D eigenvalue weighted by atomic mass is 32.2. The van der Waals surface area contributed by atoms with Gasteiger partial charge in [-0.1, -0.05) is 59.9 Å². The topological polar surface area (TPSA) is 72.7 Å². The van der Waals surface area contributed by atoms with Gasteiger partial charge in [0, 0.05) is 9.79 Å². The van der Waals surface area contributed by atoms with Crippen LogP contribution < -0.4 is 5.32 Å². The SMILES string of the molecule is C=CCn1nnnc1SC(C)C(=O)Nc1ccccc1Sc1ccccc1. The molecule has 138 valence electrons. The molecule has 0 spiro atoms. The minimum Gasteiger partial charge on any atom is -0.324 e. The number of carbonyl (C=O) groups is 1. The van der Waals surface area contributed by atoms with E-state index in [2.05, 4.69) is 27.4 Å². The molecule has 8 heteroatoms. The Morgan fingerprint density at radius 2 is 1.96 bits per heavy atom. The number of carbonyl (C=O) groups excluding carboxylic acids is 1. The first kappa shape index (κ1) is 19.2. The third kappa shape index (κ3) is 5.21. The minimum absolute atomic E-state index is 0.103. The molecule has 27 heavy (non-hydrogen) atoms. The highest BCUT2D eigenvalue weighted by molar-refractivity contribution is 8.00. The van der Waals surface area contributed by atoms with Crippen LogP contribution in [0.15, 0.2) is 82.2 Å². The summed E-state index contributed by atoms with van der Waals surface area (Å²) in [7, 11) is 0. The minimum atomic E-state index is -0.352. The number of aromatic nitrogens is 4. The number of tetrazole rings is 1. The lowest BCUT2D eigenvalue weighted by atomic mass is 10.3. The van der Waals surface area contributed by atoms with Crippen LogP contribution in [-0.4, -0.2) is 31.4 Å². The number of anilines is 1. The molecule has 1 atom stereocenters. The van der Waals surface area contributed by atoms with E-state index >= 15 is 0 Å². The molecular weight excluding hydrogens is 378 g/mol. The van der Waals surface area contributed by atoms with Crippen molar-refractivity contribution in [3.63, 3.8) is 0 Å². The van der Waals surface area contributed by atoms with Crippen LogP contribution in [0.25, 0.3) is 0 Å². The van der Waals surface area contributed by atoms with E-state index in [-0.39, 0.29) is 11.2 Å². The Hall–Kier alpha value is -2.58. The van der Waals surface area contributed by atoms with Crippen LogP contribution in [0.3, 0.4) is 0 Å². The molecular formula is C19H19N5OS2. The van der Waals surface area contributed by atoms with Crippen LogP contribution >= 0.6 is 23.5 Å². The summed E-state index contributed by atoms with van der Waals surface area (Å²) in [6, 6.07) is 17.8. The molecule has 1 N–H and O–H groups in total. The molecule has 6 nitrogen and oxygen atoms in total. The number of hydrogen-bond donors (Lipinski definition) is 1. The van der Waals surface area contributed by atoms with Crippen molar-refractivity contribution < 1.29 is 4.79 Å². The molecule has 3 aromatic rings. The molecule has 1 unspecified atom stereocenters. The van der Waals surface area contributed by atoms with Crippen molar-refractivity contribution >= 4 is 35.1 Å². The van der Waals surface area contributed by atoms with Gasteiger partial charge in [0.1, 0.15) is 0 Å². The zero-order valence-electron chi connectivity index (χ0n) is 14.8. The zero-order chi connectivity index (χ0) is 19.1. The van der Waals surface area contributed by atoms with Crippen molar-refractivity contribution in [3.8, 4) is 0 Å². The van der Waals surface area contributed by atoms with Crippen LogP contribution in [0.5, 0.6) is 0 Å². The number of para-hydroxylation sites is 1. The summed E-state index contributed by atoms with van der Waals surface area (Å²) in [6.45, 7) is 6.02. The molecule has 0 fully saturated rings. The fraction of sp³-hybridized carbons (Fsp3) is 0.158. The predicted octanol–water partition coefficient (Wildman–Crippen LogP) is 4.13. The Morgan fingerprint density at radius 3 is 2.74 bits per heavy atom. The van der Waals surface area contributed by atoms with E-state index in [9.17, 15) is 4.79 Å². The molecule has 1 aromatic heterocycles. The summed E-state index contributed by atoms with van der Waals surface area (Å²) < 4.78 is 1.61. The van der Waals surface area contributed by atoms with Gasteiger partial charge >= 0.3 is 0 Å². The summed E-state index contributed by atoms with van der Waals surface area (Å²) in [6.07, 6.45) is 1.71. The molecule has 1 heterocycles. The quantitative estimate of drug-likeness (QED) is 0.455. The van der Waals surface area contributed by atoms with Crippen LogP contribution in [-0.2, 0) is 11.3 Å². The standard InChI is InChI=1S/C19H19N5OS2/c1-3-13-24-19(21-22-23-24)26-14(2)18(25)20-16-11-7-8-12-17(16)27-15-9-5-4-6-10-15/h3-12,14H,1,13H2,2H3,(H,20,25). The summed E-state index contributed by atoms with van der Waals surface area (Å²) in [5.74, 6) is -0.103. The lowest BCUT2D eigenvalue weighted by Gasteiger charge is -2.14. The summed E-state index contributed by atoms with van der Waals surface area (Å²) >= 11 is 2.93. The van der Waals surface area contributed by atoms with Crippen LogP contribution in [0, 0.1) is 0 Å². The molecule has 0 saturated heterocycles. The van der Waals surface area contributed by atoms with E-state index in [1.807, 2.05) is 61.5 Å². The second-order valence-corrected chi connectivity index (χ2v) is 8.02. The van der Waals surface area contributed by atoms with Gasteiger partial charge in [-0.15, -0.1) is 11.7 Å². The fourth-order valence-corrected chi connectivity index (χ4v) is 3.96. The van der Waals surface area contributed by atoms with Crippen LogP contribution in [0.2, 0.25) is 0 Å². The Balaban J connectivity index is 1.68. The molecule has 2 aromatic carbocycles. The highest BCUT2D eigenvalue weighted by Crippen LogP contribution is 2.33. The molecule has 0 aliphatic rings. The van der Waals surface area contributed by atoms with E-state index in [0.29, 0.717) is 11.7 Å². The number of nitrogens with one attached hydrogen (secondary N) is 1. The van der Waals surface area contributed by atoms with E-state index in [1.54, 1.807) is 22.5 Å². The van der Waals surface area contributed by atoms with Crippen molar-refractivity contribution in [2.45, 2.75) is 33.7 Å².